The molecule has 0 aliphatic carbocycles. The third-order valence-corrected chi connectivity index (χ3v) is 5.56. The maximum absolute atomic E-state index is 13.1. The quantitative estimate of drug-likeness (QED) is 0.626. The van der Waals surface area contributed by atoms with Gasteiger partial charge in [-0.1, -0.05) is 12.1 Å². The summed E-state index contributed by atoms with van der Waals surface area (Å²) in [6, 6.07) is 11.5. The molecule has 1 aromatic heterocycles. The van der Waals surface area contributed by atoms with E-state index in [0.717, 1.165) is 30.5 Å². The first-order valence-corrected chi connectivity index (χ1v) is 10.4. The number of nitrogens with one attached hydrogen (secondary N) is 1. The van der Waals surface area contributed by atoms with Crippen LogP contribution in [0.2, 0.25) is 0 Å². The monoisotopic (exact) mass is 436 g/mol. The van der Waals surface area contributed by atoms with Crippen molar-refractivity contribution in [1.82, 2.24) is 9.97 Å². The first kappa shape index (κ1) is 21.5. The molecule has 2 heterocycles. The fourth-order valence-electron chi connectivity index (χ4n) is 3.79. The molecule has 3 aromatic rings. The number of methoxy groups -OCH3 is 2. The van der Waals surface area contributed by atoms with E-state index in [0.29, 0.717) is 29.7 Å². The van der Waals surface area contributed by atoms with Crippen LogP contribution in [-0.2, 0) is 4.79 Å². The van der Waals surface area contributed by atoms with Gasteiger partial charge in [-0.2, -0.15) is 0 Å². The second kappa shape index (κ2) is 9.64. The van der Waals surface area contributed by atoms with Crippen LogP contribution in [0.4, 0.5) is 16.0 Å². The van der Waals surface area contributed by atoms with E-state index in [9.17, 15) is 9.18 Å². The predicted molar refractivity (Wildman–Crippen MR) is 121 cm³/mol. The number of halogens is 1. The molecule has 0 radical (unpaired) electrons. The van der Waals surface area contributed by atoms with E-state index in [1.165, 1.54) is 12.1 Å². The van der Waals surface area contributed by atoms with Gasteiger partial charge in [-0.25, -0.2) is 14.4 Å². The van der Waals surface area contributed by atoms with E-state index in [-0.39, 0.29) is 17.6 Å². The summed E-state index contributed by atoms with van der Waals surface area (Å²) < 4.78 is 23.7. The minimum absolute atomic E-state index is 0.0684. The second-order valence-corrected chi connectivity index (χ2v) is 7.62. The van der Waals surface area contributed by atoms with Crippen molar-refractivity contribution in [3.63, 3.8) is 0 Å². The number of nitrogens with zero attached hydrogens (tertiary/aromatic N) is 3. The minimum atomic E-state index is -0.281. The van der Waals surface area contributed by atoms with E-state index >= 15 is 0 Å². The Morgan fingerprint density at radius 1 is 1.06 bits per heavy atom. The molecule has 7 nitrogen and oxygen atoms in total. The van der Waals surface area contributed by atoms with Gasteiger partial charge >= 0.3 is 0 Å². The Hall–Kier alpha value is -3.68. The molecule has 0 unspecified atom stereocenters. The number of benzene rings is 2. The molecule has 1 saturated heterocycles. The molecular weight excluding hydrogens is 411 g/mol. The van der Waals surface area contributed by atoms with Crippen LogP contribution in [0.5, 0.6) is 11.5 Å². The predicted octanol–water partition coefficient (Wildman–Crippen LogP) is 4.16. The lowest BCUT2D eigenvalue weighted by molar-refractivity contribution is -0.120. The van der Waals surface area contributed by atoms with Crippen molar-refractivity contribution in [2.75, 3.05) is 37.5 Å². The molecular formula is C24H25FN4O3. The van der Waals surface area contributed by atoms with E-state index in [4.69, 9.17) is 9.47 Å². The molecule has 0 spiro atoms. The Kier molecular flexibility index (Phi) is 6.49. The smallest absolute Gasteiger partial charge is 0.229 e. The molecule has 1 N–H and O–H groups in total. The van der Waals surface area contributed by atoms with Gasteiger partial charge in [0.2, 0.25) is 11.9 Å². The number of aromatic nitrogens is 2. The summed E-state index contributed by atoms with van der Waals surface area (Å²) >= 11 is 0. The van der Waals surface area contributed by atoms with Crippen LogP contribution in [0.3, 0.4) is 0 Å². The van der Waals surface area contributed by atoms with Crippen molar-refractivity contribution in [3.8, 4) is 22.6 Å². The first-order chi connectivity index (χ1) is 15.6. The summed E-state index contributed by atoms with van der Waals surface area (Å²) in [5.74, 6) is 1.23. The lowest BCUT2D eigenvalue weighted by atomic mass is 9.97. The number of rotatable bonds is 6. The van der Waals surface area contributed by atoms with Gasteiger partial charge in [-0.15, -0.1) is 0 Å². The van der Waals surface area contributed by atoms with Crippen molar-refractivity contribution in [3.05, 3.63) is 60.7 Å². The molecule has 1 aliphatic heterocycles. The maximum atomic E-state index is 13.1. The highest BCUT2D eigenvalue weighted by molar-refractivity contribution is 5.94. The SMILES string of the molecule is COc1ccc(NC(=O)[C@@H]2CCCN(c3ncc(-c4ccc(F)cc4)cn3)C2)c(OC)c1. The molecule has 4 rings (SSSR count). The molecule has 1 amide bonds. The highest BCUT2D eigenvalue weighted by Crippen LogP contribution is 2.30. The standard InChI is InChI=1S/C24H25FN4O3/c1-31-20-9-10-21(22(12-20)32-2)28-23(30)17-4-3-11-29(15-17)24-26-13-18(14-27-24)16-5-7-19(25)8-6-16/h5-10,12-14,17H,3-4,11,15H2,1-2H3,(H,28,30)/t17-/m1/s1. The number of piperidine rings is 1. The van der Waals surface area contributed by atoms with Crippen molar-refractivity contribution >= 4 is 17.5 Å². The van der Waals surface area contributed by atoms with Gasteiger partial charge in [0.1, 0.15) is 17.3 Å². The summed E-state index contributed by atoms with van der Waals surface area (Å²) in [6.07, 6.45) is 5.10. The highest BCUT2D eigenvalue weighted by atomic mass is 19.1. The summed E-state index contributed by atoms with van der Waals surface area (Å²) in [5.41, 5.74) is 2.27. The third-order valence-electron chi connectivity index (χ3n) is 5.56. The summed E-state index contributed by atoms with van der Waals surface area (Å²) in [5, 5.41) is 2.97. The zero-order valence-electron chi connectivity index (χ0n) is 18.0. The normalized spacial score (nSPS) is 15.8. The molecule has 2 aromatic carbocycles. The van der Waals surface area contributed by atoms with Gasteiger partial charge in [-0.05, 0) is 42.7 Å². The Morgan fingerprint density at radius 2 is 1.81 bits per heavy atom. The van der Waals surface area contributed by atoms with Gasteiger partial charge in [-0.3, -0.25) is 4.79 Å². The topological polar surface area (TPSA) is 76.6 Å². The number of amides is 1. The van der Waals surface area contributed by atoms with Crippen LogP contribution in [0.15, 0.2) is 54.9 Å². The van der Waals surface area contributed by atoms with Crippen LogP contribution in [0.1, 0.15) is 12.8 Å². The number of anilines is 2. The average molecular weight is 436 g/mol. The Bertz CT molecular complexity index is 1070. The van der Waals surface area contributed by atoms with Gasteiger partial charge in [0, 0.05) is 37.1 Å². The lowest BCUT2D eigenvalue weighted by Gasteiger charge is -2.32. The number of ether oxygens (including phenoxy) is 2. The van der Waals surface area contributed by atoms with Crippen molar-refractivity contribution in [2.45, 2.75) is 12.8 Å². The maximum Gasteiger partial charge on any atom is 0.229 e. The number of carbonyl (C=O) groups is 1. The summed E-state index contributed by atoms with van der Waals surface area (Å²) in [4.78, 5) is 23.9. The number of hydrogen-bond acceptors (Lipinski definition) is 6. The largest absolute Gasteiger partial charge is 0.497 e. The fraction of sp³-hybridized carbons (Fsp3) is 0.292. The Labute approximate surface area is 186 Å². The van der Waals surface area contributed by atoms with E-state index in [1.54, 1.807) is 56.9 Å². The van der Waals surface area contributed by atoms with Crippen LogP contribution >= 0.6 is 0 Å². The molecule has 8 heteroatoms. The van der Waals surface area contributed by atoms with Crippen LogP contribution in [0.25, 0.3) is 11.1 Å². The van der Waals surface area contributed by atoms with Crippen molar-refractivity contribution in [2.24, 2.45) is 5.92 Å². The van der Waals surface area contributed by atoms with Gasteiger partial charge in [0.25, 0.3) is 0 Å². The summed E-state index contributed by atoms with van der Waals surface area (Å²) in [7, 11) is 3.14. The van der Waals surface area contributed by atoms with Crippen LogP contribution < -0.4 is 19.7 Å². The highest BCUT2D eigenvalue weighted by Gasteiger charge is 2.27. The summed E-state index contributed by atoms with van der Waals surface area (Å²) in [6.45, 7) is 1.31. The van der Waals surface area contributed by atoms with Gasteiger partial charge in [0.15, 0.2) is 0 Å². The average Bonchev–Trinajstić information content (AvgIpc) is 2.85. The first-order valence-electron chi connectivity index (χ1n) is 10.4. The molecule has 166 valence electrons. The van der Waals surface area contributed by atoms with Gasteiger partial charge in [0.05, 0.1) is 25.8 Å². The Balaban J connectivity index is 1.43. The molecule has 32 heavy (non-hydrogen) atoms. The molecule has 1 atom stereocenters. The molecule has 1 aliphatic rings. The number of hydrogen-bond donors (Lipinski definition) is 1. The van der Waals surface area contributed by atoms with E-state index in [1.807, 2.05) is 4.90 Å². The van der Waals surface area contributed by atoms with Crippen LogP contribution in [0, 0.1) is 11.7 Å². The molecule has 0 saturated carbocycles. The Morgan fingerprint density at radius 3 is 2.50 bits per heavy atom. The van der Waals surface area contributed by atoms with E-state index < -0.39 is 0 Å². The molecule has 0 bridgehead atoms. The van der Waals surface area contributed by atoms with Crippen LogP contribution in [-0.4, -0.2) is 43.2 Å². The zero-order valence-corrected chi connectivity index (χ0v) is 18.0. The van der Waals surface area contributed by atoms with Gasteiger partial charge < -0.3 is 19.7 Å². The number of carbonyl (C=O) groups excluding carboxylic acids is 1. The molecule has 1 fully saturated rings. The lowest BCUT2D eigenvalue weighted by Crippen LogP contribution is -2.41. The third kappa shape index (κ3) is 4.80. The van der Waals surface area contributed by atoms with Crippen molar-refractivity contribution < 1.29 is 18.7 Å². The van der Waals surface area contributed by atoms with E-state index in [2.05, 4.69) is 15.3 Å². The zero-order chi connectivity index (χ0) is 22.5. The minimum Gasteiger partial charge on any atom is -0.497 e. The van der Waals surface area contributed by atoms with Crippen molar-refractivity contribution in [1.29, 1.82) is 0 Å². The second-order valence-electron chi connectivity index (χ2n) is 7.62. The fourth-order valence-corrected chi connectivity index (χ4v) is 3.79.